The lowest BCUT2D eigenvalue weighted by atomic mass is 10.2. The van der Waals surface area contributed by atoms with Gasteiger partial charge in [0, 0.05) is 26.1 Å². The molecule has 0 saturated carbocycles. The highest BCUT2D eigenvalue weighted by molar-refractivity contribution is 5.82. The van der Waals surface area contributed by atoms with E-state index in [1.165, 1.54) is 10.9 Å². The lowest BCUT2D eigenvalue weighted by molar-refractivity contribution is -0.129. The fourth-order valence-corrected chi connectivity index (χ4v) is 3.34. The van der Waals surface area contributed by atoms with Crippen LogP contribution in [0.15, 0.2) is 35.4 Å². The smallest absolute Gasteiger partial charge is 0.261 e. The van der Waals surface area contributed by atoms with E-state index in [2.05, 4.69) is 20.7 Å². The third kappa shape index (κ3) is 5.14. The summed E-state index contributed by atoms with van der Waals surface area (Å²) in [6, 6.07) is 6.93. The van der Waals surface area contributed by atoms with Crippen LogP contribution in [0.3, 0.4) is 0 Å². The molecule has 1 aliphatic heterocycles. The molecule has 2 heterocycles. The maximum absolute atomic E-state index is 12.4. The molecule has 150 valence electrons. The number of carbonyl (C=O) groups is 2. The van der Waals surface area contributed by atoms with Crippen LogP contribution in [0, 0.1) is 0 Å². The van der Waals surface area contributed by atoms with Crippen molar-refractivity contribution in [3.8, 4) is 0 Å². The third-order valence-corrected chi connectivity index (χ3v) is 4.54. The van der Waals surface area contributed by atoms with Crippen LogP contribution in [-0.2, 0) is 20.9 Å². The molecule has 1 fully saturated rings. The summed E-state index contributed by atoms with van der Waals surface area (Å²) in [5.74, 6) is -0.787. The van der Waals surface area contributed by atoms with Gasteiger partial charge >= 0.3 is 0 Å². The number of nitrogens with zero attached hydrogens (tertiary/aromatic N) is 3. The number of carbonyl (C=O) groups excluding carboxylic acids is 2. The summed E-state index contributed by atoms with van der Waals surface area (Å²) >= 11 is 0. The maximum Gasteiger partial charge on any atom is 0.261 e. The molecule has 0 unspecified atom stereocenters. The Hall–Kier alpha value is -2.78. The Morgan fingerprint density at radius 2 is 1.82 bits per heavy atom. The molecule has 28 heavy (non-hydrogen) atoms. The monoisotopic (exact) mass is 387 g/mol. The van der Waals surface area contributed by atoms with Crippen LogP contribution < -0.4 is 16.4 Å². The molecule has 1 saturated heterocycles. The topological polar surface area (TPSA) is 106 Å². The normalized spacial score (nSPS) is 20.1. The first-order valence-corrected chi connectivity index (χ1v) is 9.32. The second kappa shape index (κ2) is 8.94. The maximum atomic E-state index is 12.4. The second-order valence-electron chi connectivity index (χ2n) is 7.06. The van der Waals surface area contributed by atoms with E-state index in [0.29, 0.717) is 17.4 Å². The minimum Gasteiger partial charge on any atom is -0.373 e. The molecule has 1 aromatic carbocycles. The van der Waals surface area contributed by atoms with Crippen molar-refractivity contribution in [2.24, 2.45) is 0 Å². The Bertz CT molecular complexity index is 903. The van der Waals surface area contributed by atoms with Gasteiger partial charge in [-0.1, -0.05) is 12.1 Å². The molecule has 0 bridgehead atoms. The molecule has 2 aromatic rings. The van der Waals surface area contributed by atoms with Gasteiger partial charge in [0.05, 0.1) is 29.4 Å². The molecule has 3 rings (SSSR count). The first-order chi connectivity index (χ1) is 13.4. The Morgan fingerprint density at radius 1 is 1.14 bits per heavy atom. The molecule has 9 heteroatoms. The van der Waals surface area contributed by atoms with Crippen molar-refractivity contribution in [2.45, 2.75) is 39.0 Å². The first-order valence-electron chi connectivity index (χ1n) is 9.32. The number of hydrogen-bond donors (Lipinski definition) is 2. The molecule has 9 nitrogen and oxygen atoms in total. The Kier molecular flexibility index (Phi) is 6.37. The van der Waals surface area contributed by atoms with Gasteiger partial charge in [0.15, 0.2) is 0 Å². The van der Waals surface area contributed by atoms with Gasteiger partial charge in [-0.05, 0) is 26.0 Å². The molecule has 0 spiro atoms. The van der Waals surface area contributed by atoms with E-state index in [9.17, 15) is 14.4 Å². The molecule has 2 atom stereocenters. The third-order valence-electron chi connectivity index (χ3n) is 4.54. The molecule has 1 aliphatic rings. The number of hydrazine groups is 1. The SMILES string of the molecule is C[C@@H]1CN(CCC(=O)NNC(=O)Cn2cnc3ccccc3c2=O)C[C@@H](C)O1. The zero-order valence-electron chi connectivity index (χ0n) is 16.1. The number of benzene rings is 1. The fourth-order valence-electron chi connectivity index (χ4n) is 3.34. The number of morpholine rings is 1. The molecule has 2 amide bonds. The van der Waals surface area contributed by atoms with E-state index in [1.54, 1.807) is 24.3 Å². The fraction of sp³-hybridized carbons (Fsp3) is 0.474. The lowest BCUT2D eigenvalue weighted by Gasteiger charge is -2.35. The van der Waals surface area contributed by atoms with E-state index in [4.69, 9.17) is 4.74 Å². The number of aromatic nitrogens is 2. The van der Waals surface area contributed by atoms with Crippen molar-refractivity contribution >= 4 is 22.7 Å². The second-order valence-corrected chi connectivity index (χ2v) is 7.06. The average Bonchev–Trinajstić information content (AvgIpc) is 2.66. The van der Waals surface area contributed by atoms with Crippen LogP contribution in [0.1, 0.15) is 20.3 Å². The van der Waals surface area contributed by atoms with E-state index < -0.39 is 5.91 Å². The van der Waals surface area contributed by atoms with E-state index in [0.717, 1.165) is 13.1 Å². The molecule has 0 aliphatic carbocycles. The van der Waals surface area contributed by atoms with Crippen LogP contribution >= 0.6 is 0 Å². The van der Waals surface area contributed by atoms with Crippen molar-refractivity contribution in [3.05, 3.63) is 40.9 Å². The predicted octanol–water partition coefficient (Wildman–Crippen LogP) is 0.0432. The van der Waals surface area contributed by atoms with E-state index in [-0.39, 0.29) is 36.6 Å². The minimum absolute atomic E-state index is 0.139. The number of amides is 2. The highest BCUT2D eigenvalue weighted by Crippen LogP contribution is 2.10. The van der Waals surface area contributed by atoms with Gasteiger partial charge in [-0.2, -0.15) is 0 Å². The summed E-state index contributed by atoms with van der Waals surface area (Å²) in [5, 5.41) is 0.441. The Labute approximate surface area is 162 Å². The number of fused-ring (bicyclic) bond motifs is 1. The number of rotatable bonds is 5. The molecular formula is C19H25N5O4. The van der Waals surface area contributed by atoms with Crippen LogP contribution in [0.4, 0.5) is 0 Å². The zero-order valence-corrected chi connectivity index (χ0v) is 16.1. The number of hydrogen-bond acceptors (Lipinski definition) is 6. The lowest BCUT2D eigenvalue weighted by Crippen LogP contribution is -2.48. The predicted molar refractivity (Wildman–Crippen MR) is 103 cm³/mol. The van der Waals surface area contributed by atoms with E-state index >= 15 is 0 Å². The summed E-state index contributed by atoms with van der Waals surface area (Å²) in [4.78, 5) is 42.7. The van der Waals surface area contributed by atoms with Gasteiger partial charge in [-0.25, -0.2) is 4.98 Å². The van der Waals surface area contributed by atoms with Gasteiger partial charge < -0.3 is 4.74 Å². The number of ether oxygens (including phenoxy) is 1. The first kappa shape index (κ1) is 20.0. The Balaban J connectivity index is 1.46. The van der Waals surface area contributed by atoms with Gasteiger partial charge in [0.25, 0.3) is 11.5 Å². The summed E-state index contributed by atoms with van der Waals surface area (Å²) in [6.45, 7) is 5.94. The van der Waals surface area contributed by atoms with Crippen molar-refractivity contribution in [3.63, 3.8) is 0 Å². The number of nitrogens with one attached hydrogen (secondary N) is 2. The highest BCUT2D eigenvalue weighted by Gasteiger charge is 2.22. The van der Waals surface area contributed by atoms with Crippen LogP contribution in [0.5, 0.6) is 0 Å². The molecule has 2 N–H and O–H groups in total. The van der Waals surface area contributed by atoms with Crippen LogP contribution in [0.2, 0.25) is 0 Å². The Morgan fingerprint density at radius 3 is 2.57 bits per heavy atom. The molecular weight excluding hydrogens is 362 g/mol. The molecule has 1 aromatic heterocycles. The van der Waals surface area contributed by atoms with Crippen molar-refractivity contribution < 1.29 is 14.3 Å². The number of para-hydroxylation sites is 1. The van der Waals surface area contributed by atoms with Gasteiger partial charge in [0.1, 0.15) is 6.54 Å². The van der Waals surface area contributed by atoms with Crippen molar-refractivity contribution in [1.82, 2.24) is 25.3 Å². The minimum atomic E-state index is -0.499. The standard InChI is InChI=1S/C19H25N5O4/c1-13-9-23(10-14(2)28-13)8-7-17(25)21-22-18(26)11-24-12-20-16-6-4-3-5-15(16)19(24)27/h3-6,12-14H,7-11H2,1-2H3,(H,21,25)(H,22,26)/t13-,14-/m1/s1. The quantitative estimate of drug-likeness (QED) is 0.702. The van der Waals surface area contributed by atoms with Gasteiger partial charge in [-0.3, -0.25) is 34.7 Å². The summed E-state index contributed by atoms with van der Waals surface area (Å²) in [7, 11) is 0. The average molecular weight is 387 g/mol. The van der Waals surface area contributed by atoms with Crippen molar-refractivity contribution in [2.75, 3.05) is 19.6 Å². The van der Waals surface area contributed by atoms with Gasteiger partial charge in [0.2, 0.25) is 5.91 Å². The van der Waals surface area contributed by atoms with E-state index in [1.807, 2.05) is 13.8 Å². The van der Waals surface area contributed by atoms with Crippen molar-refractivity contribution in [1.29, 1.82) is 0 Å². The summed E-state index contributed by atoms with van der Waals surface area (Å²) < 4.78 is 6.87. The molecule has 0 radical (unpaired) electrons. The highest BCUT2D eigenvalue weighted by atomic mass is 16.5. The van der Waals surface area contributed by atoms with Gasteiger partial charge in [-0.15, -0.1) is 0 Å². The zero-order chi connectivity index (χ0) is 20.1. The van der Waals surface area contributed by atoms with Crippen LogP contribution in [-0.4, -0.2) is 58.1 Å². The van der Waals surface area contributed by atoms with Crippen LogP contribution in [0.25, 0.3) is 10.9 Å². The largest absolute Gasteiger partial charge is 0.373 e. The summed E-state index contributed by atoms with van der Waals surface area (Å²) in [6.07, 6.45) is 1.87. The summed E-state index contributed by atoms with van der Waals surface area (Å²) in [5.41, 5.74) is 5.00.